The minimum absolute atomic E-state index is 0.127. The number of imide groups is 1. The predicted octanol–water partition coefficient (Wildman–Crippen LogP) is 2.39. The van der Waals surface area contributed by atoms with E-state index in [-0.39, 0.29) is 23.1 Å². The zero-order valence-corrected chi connectivity index (χ0v) is 12.9. The third kappa shape index (κ3) is 3.40. The summed E-state index contributed by atoms with van der Waals surface area (Å²) < 4.78 is 0.496. The first kappa shape index (κ1) is 15.1. The van der Waals surface area contributed by atoms with Gasteiger partial charge in [0.15, 0.2) is 0 Å². The Balaban J connectivity index is 2.00. The maximum atomic E-state index is 11.9. The van der Waals surface area contributed by atoms with Crippen LogP contribution in [-0.4, -0.2) is 40.1 Å². The van der Waals surface area contributed by atoms with Gasteiger partial charge in [0.1, 0.15) is 0 Å². The first-order valence-electron chi connectivity index (χ1n) is 5.98. The Kier molecular flexibility index (Phi) is 4.82. The van der Waals surface area contributed by atoms with Crippen molar-refractivity contribution in [3.05, 3.63) is 28.2 Å². The highest BCUT2D eigenvalue weighted by Gasteiger charge is 2.26. The van der Waals surface area contributed by atoms with Crippen molar-refractivity contribution >= 4 is 45.5 Å². The molecule has 20 heavy (non-hydrogen) atoms. The zero-order chi connectivity index (χ0) is 14.7. The summed E-state index contributed by atoms with van der Waals surface area (Å²) in [7, 11) is 0. The van der Waals surface area contributed by atoms with E-state index in [2.05, 4.69) is 15.9 Å². The Morgan fingerprint density at radius 3 is 2.75 bits per heavy atom. The van der Waals surface area contributed by atoms with Gasteiger partial charge in [-0.25, -0.2) is 4.79 Å². The van der Waals surface area contributed by atoms with Crippen molar-refractivity contribution in [1.29, 1.82) is 0 Å². The number of carbonyl (C=O) groups is 3. The van der Waals surface area contributed by atoms with Gasteiger partial charge in [0.05, 0.1) is 11.3 Å². The third-order valence-corrected chi connectivity index (χ3v) is 4.58. The Labute approximate surface area is 128 Å². The molecule has 0 radical (unpaired) electrons. The number of benzene rings is 1. The van der Waals surface area contributed by atoms with Crippen molar-refractivity contribution in [2.45, 2.75) is 17.7 Å². The zero-order valence-electron chi connectivity index (χ0n) is 10.5. The molecule has 0 aromatic heterocycles. The van der Waals surface area contributed by atoms with Crippen molar-refractivity contribution in [3.8, 4) is 0 Å². The quantitative estimate of drug-likeness (QED) is 0.837. The molecule has 1 saturated heterocycles. The van der Waals surface area contributed by atoms with E-state index in [9.17, 15) is 14.4 Å². The third-order valence-electron chi connectivity index (χ3n) is 2.91. The molecule has 1 aromatic rings. The van der Waals surface area contributed by atoms with E-state index in [1.54, 1.807) is 12.1 Å². The van der Waals surface area contributed by atoms with Crippen LogP contribution in [0, 0.1) is 0 Å². The normalized spacial score (nSPS) is 14.7. The van der Waals surface area contributed by atoms with Crippen LogP contribution < -0.4 is 0 Å². The summed E-state index contributed by atoms with van der Waals surface area (Å²) in [5.74, 6) is -1.25. The molecule has 0 aliphatic carbocycles. The highest BCUT2D eigenvalue weighted by molar-refractivity contribution is 9.10. The molecule has 0 saturated carbocycles. The second kappa shape index (κ2) is 6.41. The monoisotopic (exact) mass is 357 g/mol. The van der Waals surface area contributed by atoms with Crippen LogP contribution >= 0.6 is 27.7 Å². The number of aromatic carboxylic acids is 1. The summed E-state index contributed by atoms with van der Waals surface area (Å²) in [6, 6.07) is 4.88. The van der Waals surface area contributed by atoms with E-state index in [0.717, 1.165) is 6.42 Å². The number of carboxylic acids is 1. The van der Waals surface area contributed by atoms with Crippen molar-refractivity contribution < 1.29 is 19.5 Å². The summed E-state index contributed by atoms with van der Waals surface area (Å²) in [5, 5.41) is 9.02. The molecule has 0 atom stereocenters. The standard InChI is InChI=1S/C13H12BrNO4S/c14-10-4-3-8(6-9(10)13(18)19)20-7-12(17)15-5-1-2-11(15)16/h3-4,6H,1-2,5,7H2,(H,18,19). The minimum atomic E-state index is -1.03. The number of amides is 2. The average molecular weight is 358 g/mol. The van der Waals surface area contributed by atoms with Crippen LogP contribution in [-0.2, 0) is 9.59 Å². The largest absolute Gasteiger partial charge is 0.478 e. The molecule has 2 rings (SSSR count). The van der Waals surface area contributed by atoms with Gasteiger partial charge in [0.25, 0.3) is 0 Å². The van der Waals surface area contributed by atoms with Crippen LogP contribution in [0.1, 0.15) is 23.2 Å². The van der Waals surface area contributed by atoms with Gasteiger partial charge < -0.3 is 5.11 Å². The number of rotatable bonds is 4. The predicted molar refractivity (Wildman–Crippen MR) is 77.8 cm³/mol. The van der Waals surface area contributed by atoms with Gasteiger partial charge in [0.2, 0.25) is 11.8 Å². The van der Waals surface area contributed by atoms with E-state index >= 15 is 0 Å². The summed E-state index contributed by atoms with van der Waals surface area (Å²) in [5.41, 5.74) is 0.152. The molecule has 1 fully saturated rings. The molecular formula is C13H12BrNO4S. The molecule has 1 heterocycles. The molecule has 7 heteroatoms. The number of hydrogen-bond donors (Lipinski definition) is 1. The molecular weight excluding hydrogens is 346 g/mol. The molecule has 5 nitrogen and oxygen atoms in total. The number of thioether (sulfide) groups is 1. The molecule has 106 valence electrons. The SMILES string of the molecule is O=C(O)c1cc(SCC(=O)N2CCCC2=O)ccc1Br. The highest BCUT2D eigenvalue weighted by atomic mass is 79.9. The number of halogens is 1. The molecule has 1 aromatic carbocycles. The molecule has 0 unspecified atom stereocenters. The summed E-state index contributed by atoms with van der Waals surface area (Å²) in [4.78, 5) is 36.3. The van der Waals surface area contributed by atoms with Crippen LogP contribution in [0.25, 0.3) is 0 Å². The summed E-state index contributed by atoms with van der Waals surface area (Å²) in [6.45, 7) is 0.485. The van der Waals surface area contributed by atoms with E-state index in [0.29, 0.717) is 22.3 Å². The summed E-state index contributed by atoms with van der Waals surface area (Å²) in [6.07, 6.45) is 1.15. The van der Waals surface area contributed by atoms with Crippen LogP contribution in [0.4, 0.5) is 0 Å². The molecule has 1 aliphatic rings. The number of nitrogens with zero attached hydrogens (tertiary/aromatic N) is 1. The number of carboxylic acid groups (broad SMARTS) is 1. The number of hydrogen-bond acceptors (Lipinski definition) is 4. The van der Waals surface area contributed by atoms with Crippen LogP contribution in [0.15, 0.2) is 27.6 Å². The molecule has 0 bridgehead atoms. The van der Waals surface area contributed by atoms with E-state index < -0.39 is 5.97 Å². The first-order valence-corrected chi connectivity index (χ1v) is 7.75. The van der Waals surface area contributed by atoms with Crippen molar-refractivity contribution in [3.63, 3.8) is 0 Å². The van der Waals surface area contributed by atoms with Gasteiger partial charge in [-0.3, -0.25) is 14.5 Å². The molecule has 0 spiro atoms. The Bertz CT molecular complexity index is 575. The van der Waals surface area contributed by atoms with Crippen molar-refractivity contribution in [2.75, 3.05) is 12.3 Å². The van der Waals surface area contributed by atoms with E-state index in [1.807, 2.05) is 0 Å². The topological polar surface area (TPSA) is 74.7 Å². The fourth-order valence-corrected chi connectivity index (χ4v) is 3.12. The van der Waals surface area contributed by atoms with Crippen LogP contribution in [0.5, 0.6) is 0 Å². The van der Waals surface area contributed by atoms with Crippen LogP contribution in [0.3, 0.4) is 0 Å². The first-order chi connectivity index (χ1) is 9.49. The van der Waals surface area contributed by atoms with E-state index in [4.69, 9.17) is 5.11 Å². The van der Waals surface area contributed by atoms with Gasteiger partial charge in [-0.05, 0) is 40.5 Å². The highest BCUT2D eigenvalue weighted by Crippen LogP contribution is 2.25. The van der Waals surface area contributed by atoms with Gasteiger partial charge in [0, 0.05) is 22.3 Å². The fraction of sp³-hybridized carbons (Fsp3) is 0.308. The second-order valence-corrected chi connectivity index (χ2v) is 6.18. The average Bonchev–Trinajstić information content (AvgIpc) is 2.83. The fourth-order valence-electron chi connectivity index (χ4n) is 1.89. The molecule has 1 aliphatic heterocycles. The van der Waals surface area contributed by atoms with Crippen LogP contribution in [0.2, 0.25) is 0 Å². The Morgan fingerprint density at radius 1 is 1.40 bits per heavy atom. The lowest BCUT2D eigenvalue weighted by Crippen LogP contribution is -2.33. The lowest BCUT2D eigenvalue weighted by Gasteiger charge is -2.13. The maximum absolute atomic E-state index is 11.9. The van der Waals surface area contributed by atoms with Crippen molar-refractivity contribution in [2.24, 2.45) is 0 Å². The minimum Gasteiger partial charge on any atom is -0.478 e. The molecule has 2 amide bonds. The van der Waals surface area contributed by atoms with Gasteiger partial charge >= 0.3 is 5.97 Å². The smallest absolute Gasteiger partial charge is 0.336 e. The van der Waals surface area contributed by atoms with E-state index in [1.165, 1.54) is 22.7 Å². The molecule has 1 N–H and O–H groups in total. The second-order valence-electron chi connectivity index (χ2n) is 4.28. The Morgan fingerprint density at radius 2 is 2.15 bits per heavy atom. The summed E-state index contributed by atoms with van der Waals surface area (Å²) >= 11 is 4.39. The van der Waals surface area contributed by atoms with Gasteiger partial charge in [-0.15, -0.1) is 11.8 Å². The maximum Gasteiger partial charge on any atom is 0.336 e. The number of carbonyl (C=O) groups excluding carboxylic acids is 2. The van der Waals surface area contributed by atoms with Gasteiger partial charge in [-0.1, -0.05) is 0 Å². The van der Waals surface area contributed by atoms with Crippen molar-refractivity contribution in [1.82, 2.24) is 4.90 Å². The van der Waals surface area contributed by atoms with Gasteiger partial charge in [-0.2, -0.15) is 0 Å². The lowest BCUT2D eigenvalue weighted by atomic mass is 10.2. The number of likely N-dealkylation sites (tertiary alicyclic amines) is 1. The Hall–Kier alpha value is -1.34. The lowest BCUT2D eigenvalue weighted by molar-refractivity contribution is -0.140.